The molecule has 30 heavy (non-hydrogen) atoms. The van der Waals surface area contributed by atoms with Crippen LogP contribution in [0.3, 0.4) is 0 Å². The molecule has 0 radical (unpaired) electrons. The minimum atomic E-state index is -0.344. The van der Waals surface area contributed by atoms with Gasteiger partial charge in [-0.05, 0) is 48.5 Å². The maximum absolute atomic E-state index is 13.4. The molecular weight excluding hydrogens is 383 g/mol. The molecule has 6 nitrogen and oxygen atoms in total. The van der Waals surface area contributed by atoms with Crippen molar-refractivity contribution in [3.63, 3.8) is 0 Å². The molecule has 150 valence electrons. The Morgan fingerprint density at radius 2 is 1.90 bits per heavy atom. The zero-order valence-electron chi connectivity index (χ0n) is 16.2. The molecule has 4 aromatic rings. The lowest BCUT2D eigenvalue weighted by atomic mass is 10.2. The van der Waals surface area contributed by atoms with Gasteiger partial charge in [0.05, 0.1) is 18.5 Å². The summed E-state index contributed by atoms with van der Waals surface area (Å²) in [5, 5.41) is 7.34. The molecule has 2 aromatic heterocycles. The van der Waals surface area contributed by atoms with E-state index >= 15 is 0 Å². The summed E-state index contributed by atoms with van der Waals surface area (Å²) in [6.07, 6.45) is 3.36. The SMILES string of the molecule is COc1ccccc1CNC(=O)c1cc(-c2cccnc2)n(-c2ccc(F)cc2)n1. The van der Waals surface area contributed by atoms with Crippen LogP contribution in [0.25, 0.3) is 16.9 Å². The first-order valence-corrected chi connectivity index (χ1v) is 9.32. The molecule has 0 aliphatic heterocycles. The molecule has 0 saturated heterocycles. The molecule has 0 aliphatic carbocycles. The topological polar surface area (TPSA) is 69.0 Å². The van der Waals surface area contributed by atoms with Crippen LogP contribution in [0.5, 0.6) is 5.75 Å². The standard InChI is InChI=1S/C23H19FN4O2/c1-30-22-7-3-2-5-17(22)15-26-23(29)20-13-21(16-6-4-12-25-14-16)28(27-20)19-10-8-18(24)9-11-19/h2-14H,15H2,1H3,(H,26,29). The van der Waals surface area contributed by atoms with Crippen LogP contribution < -0.4 is 10.1 Å². The first-order valence-electron chi connectivity index (χ1n) is 9.32. The van der Waals surface area contributed by atoms with E-state index in [2.05, 4.69) is 15.4 Å². The lowest BCUT2D eigenvalue weighted by molar-refractivity contribution is 0.0945. The number of benzene rings is 2. The number of halogens is 1. The second-order valence-corrected chi connectivity index (χ2v) is 6.54. The first-order chi connectivity index (χ1) is 14.7. The summed E-state index contributed by atoms with van der Waals surface area (Å²) in [5.74, 6) is 0.0289. The summed E-state index contributed by atoms with van der Waals surface area (Å²) in [6, 6.07) is 18.8. The highest BCUT2D eigenvalue weighted by atomic mass is 19.1. The van der Waals surface area contributed by atoms with Gasteiger partial charge in [0, 0.05) is 30.1 Å². The monoisotopic (exact) mass is 402 g/mol. The van der Waals surface area contributed by atoms with Crippen molar-refractivity contribution in [3.05, 3.63) is 96.2 Å². The molecule has 0 bridgehead atoms. The van der Waals surface area contributed by atoms with Gasteiger partial charge in [-0.25, -0.2) is 9.07 Å². The number of pyridine rings is 1. The van der Waals surface area contributed by atoms with Crippen molar-refractivity contribution in [2.24, 2.45) is 0 Å². The number of carbonyl (C=O) groups excluding carboxylic acids is 1. The lowest BCUT2D eigenvalue weighted by Crippen LogP contribution is -2.23. The Morgan fingerprint density at radius 3 is 2.63 bits per heavy atom. The highest BCUT2D eigenvalue weighted by Gasteiger charge is 2.17. The summed E-state index contributed by atoms with van der Waals surface area (Å²) in [6.45, 7) is 0.300. The number of ether oxygens (including phenoxy) is 1. The van der Waals surface area contributed by atoms with E-state index in [1.54, 1.807) is 48.5 Å². The maximum atomic E-state index is 13.4. The van der Waals surface area contributed by atoms with Crippen molar-refractivity contribution >= 4 is 5.91 Å². The summed E-state index contributed by atoms with van der Waals surface area (Å²) in [5.41, 5.74) is 3.21. The van der Waals surface area contributed by atoms with Gasteiger partial charge in [0.25, 0.3) is 5.91 Å². The molecule has 0 atom stereocenters. The Morgan fingerprint density at radius 1 is 1.10 bits per heavy atom. The number of methoxy groups -OCH3 is 1. The molecule has 7 heteroatoms. The largest absolute Gasteiger partial charge is 0.496 e. The number of hydrogen-bond acceptors (Lipinski definition) is 4. The molecule has 2 aromatic carbocycles. The Balaban J connectivity index is 1.65. The van der Waals surface area contributed by atoms with E-state index in [-0.39, 0.29) is 17.4 Å². The van der Waals surface area contributed by atoms with E-state index in [9.17, 15) is 9.18 Å². The van der Waals surface area contributed by atoms with E-state index in [0.717, 1.165) is 11.1 Å². The fraction of sp³-hybridized carbons (Fsp3) is 0.0870. The zero-order chi connectivity index (χ0) is 20.9. The highest BCUT2D eigenvalue weighted by Crippen LogP contribution is 2.24. The summed E-state index contributed by atoms with van der Waals surface area (Å²) >= 11 is 0. The van der Waals surface area contributed by atoms with Crippen LogP contribution in [0, 0.1) is 5.82 Å². The first kappa shape index (κ1) is 19.3. The van der Waals surface area contributed by atoms with Crippen LogP contribution >= 0.6 is 0 Å². The van der Waals surface area contributed by atoms with E-state index in [0.29, 0.717) is 23.7 Å². The van der Waals surface area contributed by atoms with Crippen molar-refractivity contribution in [1.29, 1.82) is 0 Å². The average molecular weight is 402 g/mol. The fourth-order valence-corrected chi connectivity index (χ4v) is 3.11. The minimum absolute atomic E-state index is 0.244. The Bertz CT molecular complexity index is 1160. The third-order valence-corrected chi connectivity index (χ3v) is 4.60. The van der Waals surface area contributed by atoms with Gasteiger partial charge in [0.1, 0.15) is 11.6 Å². The minimum Gasteiger partial charge on any atom is -0.496 e. The number of rotatable bonds is 6. The number of aromatic nitrogens is 3. The molecule has 0 spiro atoms. The Hall–Kier alpha value is -4.00. The van der Waals surface area contributed by atoms with Crippen LogP contribution in [-0.2, 0) is 6.54 Å². The van der Waals surface area contributed by atoms with Gasteiger partial charge in [-0.15, -0.1) is 0 Å². The third kappa shape index (κ3) is 4.05. The van der Waals surface area contributed by atoms with Gasteiger partial charge >= 0.3 is 0 Å². The molecule has 0 unspecified atom stereocenters. The van der Waals surface area contributed by atoms with E-state index < -0.39 is 0 Å². The van der Waals surface area contributed by atoms with Crippen molar-refractivity contribution in [3.8, 4) is 22.7 Å². The van der Waals surface area contributed by atoms with Gasteiger partial charge in [-0.3, -0.25) is 9.78 Å². The maximum Gasteiger partial charge on any atom is 0.272 e. The summed E-state index contributed by atoms with van der Waals surface area (Å²) in [4.78, 5) is 16.9. The molecule has 1 amide bonds. The van der Waals surface area contributed by atoms with E-state index in [1.807, 2.05) is 30.3 Å². The molecule has 4 rings (SSSR count). The number of nitrogens with zero attached hydrogens (tertiary/aromatic N) is 3. The molecule has 0 aliphatic rings. The second kappa shape index (κ2) is 8.57. The average Bonchev–Trinajstić information content (AvgIpc) is 3.24. The second-order valence-electron chi connectivity index (χ2n) is 6.54. The number of carbonyl (C=O) groups is 1. The Kier molecular flexibility index (Phi) is 5.52. The number of amides is 1. The van der Waals surface area contributed by atoms with Gasteiger partial charge < -0.3 is 10.1 Å². The van der Waals surface area contributed by atoms with Crippen molar-refractivity contribution in [2.45, 2.75) is 6.54 Å². The predicted octanol–water partition coefficient (Wildman–Crippen LogP) is 4.01. The normalized spacial score (nSPS) is 10.6. The van der Waals surface area contributed by atoms with Gasteiger partial charge in [0.2, 0.25) is 0 Å². The van der Waals surface area contributed by atoms with E-state index in [4.69, 9.17) is 4.74 Å². The van der Waals surface area contributed by atoms with Gasteiger partial charge in [-0.2, -0.15) is 5.10 Å². The number of para-hydroxylation sites is 1. The highest BCUT2D eigenvalue weighted by molar-refractivity contribution is 5.93. The summed E-state index contributed by atoms with van der Waals surface area (Å²) in [7, 11) is 1.59. The predicted molar refractivity (Wildman–Crippen MR) is 111 cm³/mol. The van der Waals surface area contributed by atoms with E-state index in [1.165, 1.54) is 12.1 Å². The van der Waals surface area contributed by atoms with Crippen molar-refractivity contribution in [1.82, 2.24) is 20.1 Å². The smallest absolute Gasteiger partial charge is 0.272 e. The molecular formula is C23H19FN4O2. The summed E-state index contributed by atoms with van der Waals surface area (Å²) < 4.78 is 20.3. The fourth-order valence-electron chi connectivity index (χ4n) is 3.11. The van der Waals surface area contributed by atoms with Gasteiger partial charge in [0.15, 0.2) is 5.69 Å². The van der Waals surface area contributed by atoms with Crippen LogP contribution in [0.15, 0.2) is 79.1 Å². The quantitative estimate of drug-likeness (QED) is 0.529. The van der Waals surface area contributed by atoms with Crippen LogP contribution in [0.1, 0.15) is 16.1 Å². The molecule has 2 heterocycles. The number of hydrogen-bond donors (Lipinski definition) is 1. The van der Waals surface area contributed by atoms with Crippen LogP contribution in [-0.4, -0.2) is 27.8 Å². The van der Waals surface area contributed by atoms with Crippen molar-refractivity contribution < 1.29 is 13.9 Å². The molecule has 1 N–H and O–H groups in total. The zero-order valence-corrected chi connectivity index (χ0v) is 16.2. The van der Waals surface area contributed by atoms with Gasteiger partial charge in [-0.1, -0.05) is 18.2 Å². The van der Waals surface area contributed by atoms with Crippen LogP contribution in [0.4, 0.5) is 4.39 Å². The van der Waals surface area contributed by atoms with Crippen LogP contribution in [0.2, 0.25) is 0 Å². The Labute approximate surface area is 173 Å². The lowest BCUT2D eigenvalue weighted by Gasteiger charge is -2.08. The molecule has 0 saturated carbocycles. The van der Waals surface area contributed by atoms with Crippen molar-refractivity contribution in [2.75, 3.05) is 7.11 Å². The third-order valence-electron chi connectivity index (χ3n) is 4.60. The number of nitrogens with one attached hydrogen (secondary N) is 1. The molecule has 0 fully saturated rings.